The Morgan fingerprint density at radius 2 is 1.77 bits per heavy atom. The number of nitrogens with zero attached hydrogens (tertiary/aromatic N) is 1. The Morgan fingerprint density at radius 3 is 2.15 bits per heavy atom. The summed E-state index contributed by atoms with van der Waals surface area (Å²) in [7, 11) is -0.956. The average Bonchev–Trinajstić information content (AvgIpc) is 1.81. The molecule has 0 fully saturated rings. The van der Waals surface area contributed by atoms with Gasteiger partial charge in [0.2, 0.25) is 0 Å². The summed E-state index contributed by atoms with van der Waals surface area (Å²) in [5.41, 5.74) is 0.978. The van der Waals surface area contributed by atoms with Crippen LogP contribution in [-0.2, 0) is 4.79 Å². The summed E-state index contributed by atoms with van der Waals surface area (Å²) in [6.45, 7) is 11.5. The minimum absolute atomic E-state index is 0.203. The van der Waals surface area contributed by atoms with Crippen LogP contribution in [0.4, 0.5) is 0 Å². The molecule has 0 saturated carbocycles. The zero-order valence-electron chi connectivity index (χ0n) is 9.48. The molecular formula is C10H21NOSi. The van der Waals surface area contributed by atoms with Crippen LogP contribution < -0.4 is 0 Å². The highest BCUT2D eigenvalue weighted by Gasteiger charge is 2.11. The SMILES string of the molecule is CC(=O)C/C(C)=N/CC[Si](C)(C)C. The van der Waals surface area contributed by atoms with Gasteiger partial charge in [-0.05, 0) is 19.9 Å². The molecule has 0 aromatic heterocycles. The zero-order chi connectivity index (χ0) is 10.5. The van der Waals surface area contributed by atoms with Gasteiger partial charge in [-0.15, -0.1) is 0 Å². The van der Waals surface area contributed by atoms with E-state index in [1.807, 2.05) is 6.92 Å². The Bertz CT molecular complexity index is 203. The van der Waals surface area contributed by atoms with Gasteiger partial charge < -0.3 is 0 Å². The van der Waals surface area contributed by atoms with Crippen LogP contribution in [0.15, 0.2) is 4.99 Å². The second kappa shape index (κ2) is 5.32. The lowest BCUT2D eigenvalue weighted by Gasteiger charge is -2.13. The number of hydrogen-bond acceptors (Lipinski definition) is 2. The fourth-order valence-electron chi connectivity index (χ4n) is 0.998. The van der Waals surface area contributed by atoms with E-state index in [1.165, 1.54) is 6.04 Å². The van der Waals surface area contributed by atoms with Crippen molar-refractivity contribution in [3.63, 3.8) is 0 Å². The van der Waals surface area contributed by atoms with E-state index in [0.29, 0.717) is 6.42 Å². The van der Waals surface area contributed by atoms with E-state index in [2.05, 4.69) is 24.6 Å². The Hall–Kier alpha value is -0.443. The minimum Gasteiger partial charge on any atom is -0.300 e. The summed E-state index contributed by atoms with van der Waals surface area (Å²) in [5, 5.41) is 0. The maximum Gasteiger partial charge on any atom is 0.135 e. The van der Waals surface area contributed by atoms with Crippen LogP contribution >= 0.6 is 0 Å². The summed E-state index contributed by atoms with van der Waals surface area (Å²) < 4.78 is 0. The topological polar surface area (TPSA) is 29.4 Å². The number of hydrogen-bond donors (Lipinski definition) is 0. The largest absolute Gasteiger partial charge is 0.300 e. The summed E-state index contributed by atoms with van der Waals surface area (Å²) in [6.07, 6.45) is 0.520. The van der Waals surface area contributed by atoms with Crippen molar-refractivity contribution in [1.29, 1.82) is 0 Å². The molecule has 13 heavy (non-hydrogen) atoms. The normalized spacial score (nSPS) is 13.2. The summed E-state index contributed by atoms with van der Waals surface area (Å²) >= 11 is 0. The molecule has 0 rings (SSSR count). The van der Waals surface area contributed by atoms with Crippen LogP contribution in [0.3, 0.4) is 0 Å². The highest BCUT2D eigenvalue weighted by Crippen LogP contribution is 2.07. The van der Waals surface area contributed by atoms with Crippen molar-refractivity contribution in [2.24, 2.45) is 4.99 Å². The number of carbonyl (C=O) groups is 1. The molecule has 0 aromatic rings. The van der Waals surface area contributed by atoms with Crippen LogP contribution in [0.25, 0.3) is 0 Å². The monoisotopic (exact) mass is 199 g/mol. The third-order valence-electron chi connectivity index (χ3n) is 1.75. The van der Waals surface area contributed by atoms with Crippen molar-refractivity contribution in [2.45, 2.75) is 46.0 Å². The maximum atomic E-state index is 10.7. The second-order valence-electron chi connectivity index (χ2n) is 4.81. The first-order chi connectivity index (χ1) is 5.81. The van der Waals surface area contributed by atoms with Crippen LogP contribution in [-0.4, -0.2) is 26.1 Å². The summed E-state index contributed by atoms with van der Waals surface area (Å²) in [5.74, 6) is 0.203. The lowest BCUT2D eigenvalue weighted by atomic mass is 10.2. The molecule has 0 aliphatic rings. The molecular weight excluding hydrogens is 178 g/mol. The van der Waals surface area contributed by atoms with Gasteiger partial charge in [0, 0.05) is 26.8 Å². The molecule has 0 radical (unpaired) electrons. The molecule has 2 nitrogen and oxygen atoms in total. The third-order valence-corrected chi connectivity index (χ3v) is 3.47. The van der Waals surface area contributed by atoms with E-state index in [-0.39, 0.29) is 5.78 Å². The number of aliphatic imine (C=N–C) groups is 1. The van der Waals surface area contributed by atoms with Crippen LogP contribution in [0, 0.1) is 0 Å². The maximum absolute atomic E-state index is 10.7. The van der Waals surface area contributed by atoms with Crippen LogP contribution in [0.5, 0.6) is 0 Å². The van der Waals surface area contributed by atoms with E-state index < -0.39 is 8.07 Å². The highest BCUT2D eigenvalue weighted by molar-refractivity contribution is 6.76. The highest BCUT2D eigenvalue weighted by atomic mass is 28.3. The van der Waals surface area contributed by atoms with Gasteiger partial charge in [-0.3, -0.25) is 9.79 Å². The molecule has 3 heteroatoms. The van der Waals surface area contributed by atoms with Crippen molar-refractivity contribution in [3.8, 4) is 0 Å². The van der Waals surface area contributed by atoms with Crippen molar-refractivity contribution < 1.29 is 4.79 Å². The van der Waals surface area contributed by atoms with E-state index >= 15 is 0 Å². The third kappa shape index (κ3) is 9.47. The Morgan fingerprint density at radius 1 is 1.23 bits per heavy atom. The molecule has 76 valence electrons. The fraction of sp³-hybridized carbons (Fsp3) is 0.800. The molecule has 0 unspecified atom stereocenters. The summed E-state index contributed by atoms with van der Waals surface area (Å²) in [6, 6.07) is 1.21. The summed E-state index contributed by atoms with van der Waals surface area (Å²) in [4.78, 5) is 15.1. The number of carbonyl (C=O) groups excluding carboxylic acids is 1. The lowest BCUT2D eigenvalue weighted by Crippen LogP contribution is -2.20. The molecule has 0 saturated heterocycles. The van der Waals surface area contributed by atoms with Gasteiger partial charge >= 0.3 is 0 Å². The van der Waals surface area contributed by atoms with Crippen molar-refractivity contribution in [2.75, 3.05) is 6.54 Å². The van der Waals surface area contributed by atoms with Gasteiger partial charge in [-0.25, -0.2) is 0 Å². The second-order valence-corrected chi connectivity index (χ2v) is 10.4. The van der Waals surface area contributed by atoms with E-state index in [1.54, 1.807) is 6.92 Å². The Balaban J connectivity index is 3.78. The standard InChI is InChI=1S/C10H21NOSi/c1-9(8-10(2)12)11-6-7-13(3,4)5/h6-8H2,1-5H3/b11-9+. The van der Waals surface area contributed by atoms with E-state index in [4.69, 9.17) is 0 Å². The average molecular weight is 199 g/mol. The molecule has 0 heterocycles. The number of rotatable bonds is 5. The lowest BCUT2D eigenvalue weighted by molar-refractivity contribution is -0.115. The van der Waals surface area contributed by atoms with E-state index in [0.717, 1.165) is 12.3 Å². The van der Waals surface area contributed by atoms with Gasteiger partial charge in [0.1, 0.15) is 5.78 Å². The first kappa shape index (κ1) is 12.6. The van der Waals surface area contributed by atoms with Crippen molar-refractivity contribution >= 4 is 19.6 Å². The molecule has 0 aromatic carbocycles. The number of Topliss-reactive ketones (excluding diaryl/α,β-unsaturated/α-hetero) is 1. The fourth-order valence-corrected chi connectivity index (χ4v) is 1.78. The molecule has 0 aliphatic carbocycles. The molecule has 0 bridgehead atoms. The zero-order valence-corrected chi connectivity index (χ0v) is 10.5. The first-order valence-corrected chi connectivity index (χ1v) is 8.51. The quantitative estimate of drug-likeness (QED) is 0.494. The van der Waals surface area contributed by atoms with Crippen LogP contribution in [0.1, 0.15) is 20.3 Å². The smallest absolute Gasteiger partial charge is 0.135 e. The number of ketones is 1. The van der Waals surface area contributed by atoms with Gasteiger partial charge in [0.15, 0.2) is 0 Å². The van der Waals surface area contributed by atoms with Gasteiger partial charge in [-0.1, -0.05) is 19.6 Å². The molecule has 0 atom stereocenters. The molecule has 0 N–H and O–H groups in total. The minimum atomic E-state index is -0.956. The predicted octanol–water partition coefficient (Wildman–Crippen LogP) is 2.76. The Labute approximate surface area is 82.5 Å². The molecule has 0 aliphatic heterocycles. The van der Waals surface area contributed by atoms with Gasteiger partial charge in [-0.2, -0.15) is 0 Å². The predicted molar refractivity (Wildman–Crippen MR) is 61.4 cm³/mol. The molecule has 0 amide bonds. The van der Waals surface area contributed by atoms with E-state index in [9.17, 15) is 4.79 Å². The molecule has 0 spiro atoms. The van der Waals surface area contributed by atoms with Crippen molar-refractivity contribution in [1.82, 2.24) is 0 Å². The van der Waals surface area contributed by atoms with Gasteiger partial charge in [0.05, 0.1) is 0 Å². The van der Waals surface area contributed by atoms with Crippen LogP contribution in [0.2, 0.25) is 25.7 Å². The first-order valence-electron chi connectivity index (χ1n) is 4.80. The van der Waals surface area contributed by atoms with Gasteiger partial charge in [0.25, 0.3) is 0 Å². The van der Waals surface area contributed by atoms with Crippen molar-refractivity contribution in [3.05, 3.63) is 0 Å². The Kier molecular flexibility index (Phi) is 5.14.